The fraction of sp³-hybridized carbons (Fsp3) is 0.750. The van der Waals surface area contributed by atoms with E-state index in [4.69, 9.17) is 0 Å². The number of anilines is 1. The van der Waals surface area contributed by atoms with Crippen LogP contribution >= 0.6 is 11.8 Å². The van der Waals surface area contributed by atoms with Crippen LogP contribution in [0.2, 0.25) is 0 Å². The van der Waals surface area contributed by atoms with Gasteiger partial charge in [-0.25, -0.2) is 0 Å². The average Bonchev–Trinajstić information content (AvgIpc) is 3.47. The van der Waals surface area contributed by atoms with Gasteiger partial charge in [-0.3, -0.25) is 0 Å². The SMILES string of the molecule is C/C(=C\CSCC(Nc1ccc(C)[nH]1)c1nn[nH]n1)CCCC(C)CCCC(C)CCCC(C)C. The minimum atomic E-state index is 0.0179. The minimum absolute atomic E-state index is 0.0179. The van der Waals surface area contributed by atoms with Crippen molar-refractivity contribution in [2.45, 2.75) is 105 Å². The number of allylic oxidation sites excluding steroid dienone is 1. The van der Waals surface area contributed by atoms with Crippen LogP contribution in [-0.4, -0.2) is 37.1 Å². The summed E-state index contributed by atoms with van der Waals surface area (Å²) in [6.45, 7) is 13.9. The normalized spacial score (nSPS) is 14.9. The maximum Gasteiger partial charge on any atom is 0.197 e. The lowest BCUT2D eigenvalue weighted by Crippen LogP contribution is -2.15. The molecule has 3 unspecified atom stereocenters. The van der Waals surface area contributed by atoms with E-state index >= 15 is 0 Å². The zero-order valence-corrected chi connectivity index (χ0v) is 23.9. The first-order chi connectivity index (χ1) is 16.8. The van der Waals surface area contributed by atoms with E-state index in [2.05, 4.69) is 77.7 Å². The predicted octanol–water partition coefficient (Wildman–Crippen LogP) is 8.11. The Bertz CT molecular complexity index is 813. The fourth-order valence-corrected chi connectivity index (χ4v) is 5.48. The second-order valence-electron chi connectivity index (χ2n) is 11.0. The van der Waals surface area contributed by atoms with E-state index in [-0.39, 0.29) is 6.04 Å². The zero-order chi connectivity index (χ0) is 25.5. The van der Waals surface area contributed by atoms with Gasteiger partial charge >= 0.3 is 0 Å². The van der Waals surface area contributed by atoms with E-state index in [1.807, 2.05) is 24.8 Å². The molecule has 0 saturated carbocycles. The summed E-state index contributed by atoms with van der Waals surface area (Å²) in [5.41, 5.74) is 2.64. The Hall–Kier alpha value is -1.76. The zero-order valence-electron chi connectivity index (χ0n) is 23.1. The molecule has 198 valence electrons. The first-order valence-electron chi connectivity index (χ1n) is 13.7. The van der Waals surface area contributed by atoms with Gasteiger partial charge in [0, 0.05) is 17.2 Å². The van der Waals surface area contributed by atoms with Crippen LogP contribution in [0.15, 0.2) is 23.8 Å². The van der Waals surface area contributed by atoms with Gasteiger partial charge in [0.25, 0.3) is 0 Å². The van der Waals surface area contributed by atoms with Crippen molar-refractivity contribution in [2.24, 2.45) is 17.8 Å². The van der Waals surface area contributed by atoms with Crippen molar-refractivity contribution >= 4 is 17.6 Å². The summed E-state index contributed by atoms with van der Waals surface area (Å²) in [4.78, 5) is 3.32. The van der Waals surface area contributed by atoms with Crippen LogP contribution in [-0.2, 0) is 0 Å². The molecule has 3 N–H and O–H groups in total. The lowest BCUT2D eigenvalue weighted by atomic mass is 9.91. The van der Waals surface area contributed by atoms with Crippen LogP contribution in [0.5, 0.6) is 0 Å². The van der Waals surface area contributed by atoms with E-state index in [1.165, 1.54) is 63.4 Å². The maximum absolute atomic E-state index is 4.19. The summed E-state index contributed by atoms with van der Waals surface area (Å²) in [7, 11) is 0. The second-order valence-corrected chi connectivity index (χ2v) is 12.0. The van der Waals surface area contributed by atoms with Gasteiger partial charge in [0.15, 0.2) is 5.82 Å². The number of thioether (sulfide) groups is 1. The molecule has 0 spiro atoms. The smallest absolute Gasteiger partial charge is 0.197 e. The lowest BCUT2D eigenvalue weighted by Gasteiger charge is -2.15. The quantitative estimate of drug-likeness (QED) is 0.133. The molecule has 6 nitrogen and oxygen atoms in total. The van der Waals surface area contributed by atoms with Crippen LogP contribution in [0.3, 0.4) is 0 Å². The van der Waals surface area contributed by atoms with Gasteiger partial charge < -0.3 is 10.3 Å². The van der Waals surface area contributed by atoms with E-state index in [0.717, 1.165) is 40.8 Å². The van der Waals surface area contributed by atoms with Crippen LogP contribution in [0, 0.1) is 24.7 Å². The monoisotopic (exact) mass is 502 g/mol. The summed E-state index contributed by atoms with van der Waals surface area (Å²) in [5.74, 6) is 6.17. The molecule has 0 aromatic carbocycles. The Morgan fingerprint density at radius 3 is 2.29 bits per heavy atom. The summed E-state index contributed by atoms with van der Waals surface area (Å²) in [6, 6.07) is 4.13. The van der Waals surface area contributed by atoms with Gasteiger partial charge in [-0.1, -0.05) is 89.5 Å². The molecule has 0 aliphatic carbocycles. The molecule has 2 aromatic heterocycles. The summed E-state index contributed by atoms with van der Waals surface area (Å²) >= 11 is 1.90. The summed E-state index contributed by atoms with van der Waals surface area (Å²) in [5, 5.41) is 18.2. The largest absolute Gasteiger partial charge is 0.361 e. The van der Waals surface area contributed by atoms with Crippen LogP contribution < -0.4 is 5.32 Å². The highest BCUT2D eigenvalue weighted by Gasteiger charge is 2.16. The van der Waals surface area contributed by atoms with Gasteiger partial charge in [0.1, 0.15) is 11.9 Å². The molecule has 0 aliphatic heterocycles. The topological polar surface area (TPSA) is 82.3 Å². The molecule has 35 heavy (non-hydrogen) atoms. The molecule has 0 amide bonds. The number of hydrogen-bond donors (Lipinski definition) is 3. The number of hydrogen-bond acceptors (Lipinski definition) is 5. The highest BCUT2D eigenvalue weighted by atomic mass is 32.2. The van der Waals surface area contributed by atoms with Crippen LogP contribution in [0.1, 0.15) is 110 Å². The molecule has 7 heteroatoms. The Balaban J connectivity index is 1.58. The van der Waals surface area contributed by atoms with Crippen molar-refractivity contribution in [1.29, 1.82) is 0 Å². The fourth-order valence-electron chi connectivity index (χ4n) is 4.47. The van der Waals surface area contributed by atoms with Crippen molar-refractivity contribution in [3.8, 4) is 0 Å². The van der Waals surface area contributed by atoms with E-state index in [9.17, 15) is 0 Å². The Morgan fingerprint density at radius 2 is 1.69 bits per heavy atom. The van der Waals surface area contributed by atoms with Gasteiger partial charge in [0.2, 0.25) is 0 Å². The number of tetrazole rings is 1. The number of aromatic amines is 2. The Labute approximate surface area is 218 Å². The number of H-pyrrole nitrogens is 2. The molecular weight excluding hydrogens is 452 g/mol. The van der Waals surface area contributed by atoms with Crippen molar-refractivity contribution in [3.05, 3.63) is 35.3 Å². The highest BCUT2D eigenvalue weighted by molar-refractivity contribution is 7.99. The molecule has 0 saturated heterocycles. The number of rotatable bonds is 19. The number of nitrogens with zero attached hydrogens (tertiary/aromatic N) is 3. The maximum atomic E-state index is 4.19. The average molecular weight is 503 g/mol. The third kappa shape index (κ3) is 13.2. The minimum Gasteiger partial charge on any atom is -0.361 e. The second kappa shape index (κ2) is 16.8. The molecule has 0 aliphatic rings. The van der Waals surface area contributed by atoms with E-state index in [1.54, 1.807) is 0 Å². The Kier molecular flexibility index (Phi) is 14.2. The lowest BCUT2D eigenvalue weighted by molar-refractivity contribution is 0.389. The van der Waals surface area contributed by atoms with Crippen LogP contribution in [0.4, 0.5) is 5.82 Å². The first-order valence-corrected chi connectivity index (χ1v) is 14.9. The predicted molar refractivity (Wildman–Crippen MR) is 152 cm³/mol. The number of nitrogens with one attached hydrogen (secondary N) is 3. The van der Waals surface area contributed by atoms with E-state index in [0.29, 0.717) is 5.82 Å². The van der Waals surface area contributed by atoms with Gasteiger partial charge in [-0.15, -0.1) is 10.2 Å². The summed E-state index contributed by atoms with van der Waals surface area (Å²) in [6.07, 6.45) is 14.6. The molecule has 2 aromatic rings. The Morgan fingerprint density at radius 1 is 1.00 bits per heavy atom. The molecule has 3 atom stereocenters. The molecule has 0 fully saturated rings. The van der Waals surface area contributed by atoms with Crippen molar-refractivity contribution < 1.29 is 0 Å². The molecular formula is C28H50N6S. The van der Waals surface area contributed by atoms with Gasteiger partial charge in [-0.2, -0.15) is 17.0 Å². The highest BCUT2D eigenvalue weighted by Crippen LogP contribution is 2.23. The van der Waals surface area contributed by atoms with Gasteiger partial charge in [0.05, 0.1) is 0 Å². The summed E-state index contributed by atoms with van der Waals surface area (Å²) < 4.78 is 0. The van der Waals surface area contributed by atoms with Crippen molar-refractivity contribution in [1.82, 2.24) is 25.6 Å². The third-order valence-electron chi connectivity index (χ3n) is 6.81. The molecule has 0 radical (unpaired) electrons. The van der Waals surface area contributed by atoms with Crippen LogP contribution in [0.25, 0.3) is 0 Å². The van der Waals surface area contributed by atoms with E-state index < -0.39 is 0 Å². The first kappa shape index (κ1) is 29.5. The van der Waals surface area contributed by atoms with Crippen molar-refractivity contribution in [3.63, 3.8) is 0 Å². The third-order valence-corrected chi connectivity index (χ3v) is 7.78. The molecule has 2 heterocycles. The molecule has 0 bridgehead atoms. The molecule has 2 rings (SSSR count). The van der Waals surface area contributed by atoms with Crippen molar-refractivity contribution in [2.75, 3.05) is 16.8 Å². The van der Waals surface area contributed by atoms with Gasteiger partial charge in [-0.05, 0) is 56.6 Å². The standard InChI is InChI=1S/C28H50N6S/c1-21(2)10-7-11-22(3)12-8-13-23(4)14-9-15-24(5)18-19-35-20-26(28-31-33-34-32-28)30-27-17-16-25(6)29-27/h16-18,21-23,26,29-30H,7-15,19-20H2,1-6H3,(H,31,32,33,34)/b24-18+. The number of aryl methyl sites for hydroxylation is 1. The number of aromatic nitrogens is 5.